The van der Waals surface area contributed by atoms with Crippen LogP contribution in [0.25, 0.3) is 0 Å². The fraction of sp³-hybridized carbons (Fsp3) is 0.286. The number of furan rings is 1. The fourth-order valence-corrected chi connectivity index (χ4v) is 3.34. The van der Waals surface area contributed by atoms with Crippen LogP contribution in [-0.2, 0) is 13.6 Å². The van der Waals surface area contributed by atoms with Gasteiger partial charge in [-0.15, -0.1) is 0 Å². The van der Waals surface area contributed by atoms with Crippen LogP contribution in [0, 0.1) is 0 Å². The monoisotopic (exact) mass is 393 g/mol. The Morgan fingerprint density at radius 2 is 1.76 bits per heavy atom. The number of nitrogens with one attached hydrogen (secondary N) is 2. The average molecular weight is 393 g/mol. The number of likely N-dealkylation sites (tertiary alicyclic amines) is 1. The zero-order valence-electron chi connectivity index (χ0n) is 16.2. The molecule has 1 aromatic carbocycles. The maximum absolute atomic E-state index is 12.5. The van der Waals surface area contributed by atoms with Crippen LogP contribution in [0.1, 0.15) is 39.6 Å². The number of hydrogen-bond acceptors (Lipinski definition) is 5. The summed E-state index contributed by atoms with van der Waals surface area (Å²) in [4.78, 5) is 27.1. The van der Waals surface area contributed by atoms with Gasteiger partial charge in [0.15, 0.2) is 11.5 Å². The third-order valence-corrected chi connectivity index (χ3v) is 4.79. The van der Waals surface area contributed by atoms with Gasteiger partial charge < -0.3 is 15.1 Å². The van der Waals surface area contributed by atoms with Gasteiger partial charge in [0, 0.05) is 24.6 Å². The number of hydrogen-bond donors (Lipinski definition) is 2. The van der Waals surface area contributed by atoms with E-state index >= 15 is 0 Å². The molecule has 2 amide bonds. The molecule has 0 bridgehead atoms. The Morgan fingerprint density at radius 3 is 2.45 bits per heavy atom. The van der Waals surface area contributed by atoms with E-state index in [-0.39, 0.29) is 17.6 Å². The van der Waals surface area contributed by atoms with Crippen molar-refractivity contribution in [2.24, 2.45) is 7.05 Å². The lowest BCUT2D eigenvalue weighted by molar-refractivity contribution is 0.0991. The molecule has 0 radical (unpaired) electrons. The quantitative estimate of drug-likeness (QED) is 0.671. The lowest BCUT2D eigenvalue weighted by atomic mass is 10.2. The summed E-state index contributed by atoms with van der Waals surface area (Å²) in [7, 11) is 1.75. The Morgan fingerprint density at radius 1 is 1.03 bits per heavy atom. The Kier molecular flexibility index (Phi) is 5.44. The van der Waals surface area contributed by atoms with Crippen molar-refractivity contribution in [3.8, 4) is 0 Å². The lowest BCUT2D eigenvalue weighted by Gasteiger charge is -2.11. The molecule has 0 aliphatic carbocycles. The number of aromatic nitrogens is 2. The summed E-state index contributed by atoms with van der Waals surface area (Å²) >= 11 is 0. The first-order valence-electron chi connectivity index (χ1n) is 9.60. The van der Waals surface area contributed by atoms with Gasteiger partial charge in [-0.1, -0.05) is 6.07 Å². The van der Waals surface area contributed by atoms with Crippen molar-refractivity contribution in [3.05, 3.63) is 65.9 Å². The molecule has 150 valence electrons. The number of nitrogens with zero attached hydrogens (tertiary/aromatic N) is 3. The SMILES string of the molecule is Cn1ccc(C(=O)Nc2cccc(NC(=O)c3ccc(CN4CCCC4)o3)c2)n1. The predicted octanol–water partition coefficient (Wildman–Crippen LogP) is 3.11. The Hall–Kier alpha value is -3.39. The molecule has 2 aromatic heterocycles. The summed E-state index contributed by atoms with van der Waals surface area (Å²) in [6, 6.07) is 12.1. The van der Waals surface area contributed by atoms with Crippen molar-refractivity contribution >= 4 is 23.2 Å². The number of aryl methyl sites for hydroxylation is 1. The second kappa shape index (κ2) is 8.32. The number of carbonyl (C=O) groups excluding carboxylic acids is 2. The smallest absolute Gasteiger partial charge is 0.291 e. The summed E-state index contributed by atoms with van der Waals surface area (Å²) in [5.74, 6) is 0.410. The minimum absolute atomic E-state index is 0.266. The van der Waals surface area contributed by atoms with Gasteiger partial charge in [0.05, 0.1) is 6.54 Å². The number of carbonyl (C=O) groups is 2. The highest BCUT2D eigenvalue weighted by Gasteiger charge is 2.16. The molecular formula is C21H23N5O3. The van der Waals surface area contributed by atoms with Crippen LogP contribution in [0.3, 0.4) is 0 Å². The van der Waals surface area contributed by atoms with E-state index in [1.54, 1.807) is 54.3 Å². The van der Waals surface area contributed by atoms with Crippen LogP contribution >= 0.6 is 0 Å². The normalized spacial score (nSPS) is 14.1. The van der Waals surface area contributed by atoms with Crippen LogP contribution in [0.4, 0.5) is 11.4 Å². The highest BCUT2D eigenvalue weighted by Crippen LogP contribution is 2.19. The zero-order valence-corrected chi connectivity index (χ0v) is 16.2. The molecule has 1 fully saturated rings. The van der Waals surface area contributed by atoms with Crippen molar-refractivity contribution in [2.45, 2.75) is 19.4 Å². The molecule has 1 saturated heterocycles. The molecule has 1 aliphatic rings. The maximum atomic E-state index is 12.5. The standard InChI is InChI=1S/C21H23N5O3/c1-25-12-9-18(24-25)20(27)22-15-5-4-6-16(13-15)23-21(28)19-8-7-17(29-19)14-26-10-2-3-11-26/h4-9,12-13H,2-3,10-11,14H2,1H3,(H,22,27)(H,23,28). The summed E-state index contributed by atoms with van der Waals surface area (Å²) in [5, 5.41) is 9.65. The molecule has 0 atom stereocenters. The van der Waals surface area contributed by atoms with E-state index in [0.717, 1.165) is 25.4 Å². The molecule has 1 aliphatic heterocycles. The van der Waals surface area contributed by atoms with Gasteiger partial charge in [-0.05, 0) is 62.3 Å². The first kappa shape index (κ1) is 18.9. The van der Waals surface area contributed by atoms with Crippen molar-refractivity contribution in [1.29, 1.82) is 0 Å². The highest BCUT2D eigenvalue weighted by atomic mass is 16.4. The molecule has 0 saturated carbocycles. The molecule has 3 heterocycles. The van der Waals surface area contributed by atoms with Crippen molar-refractivity contribution < 1.29 is 14.0 Å². The molecule has 3 aromatic rings. The topological polar surface area (TPSA) is 92.4 Å². The van der Waals surface area contributed by atoms with Crippen LogP contribution < -0.4 is 10.6 Å². The van der Waals surface area contributed by atoms with Gasteiger partial charge in [-0.2, -0.15) is 5.10 Å². The van der Waals surface area contributed by atoms with E-state index < -0.39 is 0 Å². The van der Waals surface area contributed by atoms with E-state index in [1.807, 2.05) is 6.07 Å². The van der Waals surface area contributed by atoms with E-state index in [2.05, 4.69) is 20.6 Å². The molecule has 29 heavy (non-hydrogen) atoms. The molecule has 8 nitrogen and oxygen atoms in total. The van der Waals surface area contributed by atoms with E-state index in [4.69, 9.17) is 4.42 Å². The summed E-state index contributed by atoms with van der Waals surface area (Å²) < 4.78 is 7.26. The molecular weight excluding hydrogens is 370 g/mol. The number of anilines is 2. The Bertz CT molecular complexity index is 1020. The molecule has 0 unspecified atom stereocenters. The van der Waals surface area contributed by atoms with Gasteiger partial charge >= 0.3 is 0 Å². The molecule has 8 heteroatoms. The van der Waals surface area contributed by atoms with Crippen LogP contribution in [0.15, 0.2) is 53.1 Å². The molecule has 2 N–H and O–H groups in total. The fourth-order valence-electron chi connectivity index (χ4n) is 3.34. The van der Waals surface area contributed by atoms with Crippen LogP contribution in [0.2, 0.25) is 0 Å². The van der Waals surface area contributed by atoms with Crippen LogP contribution in [-0.4, -0.2) is 39.6 Å². The average Bonchev–Trinajstić information content (AvgIpc) is 3.45. The van der Waals surface area contributed by atoms with E-state index in [9.17, 15) is 9.59 Å². The summed E-state index contributed by atoms with van der Waals surface area (Å²) in [5.41, 5.74) is 1.45. The Balaban J connectivity index is 1.37. The van der Waals surface area contributed by atoms with Crippen LogP contribution in [0.5, 0.6) is 0 Å². The largest absolute Gasteiger partial charge is 0.455 e. The maximum Gasteiger partial charge on any atom is 0.291 e. The van der Waals surface area contributed by atoms with E-state index in [0.29, 0.717) is 17.1 Å². The third kappa shape index (κ3) is 4.72. The first-order chi connectivity index (χ1) is 14.1. The number of rotatable bonds is 6. The van der Waals surface area contributed by atoms with Crippen molar-refractivity contribution in [1.82, 2.24) is 14.7 Å². The van der Waals surface area contributed by atoms with Crippen molar-refractivity contribution in [3.63, 3.8) is 0 Å². The first-order valence-corrected chi connectivity index (χ1v) is 9.60. The van der Waals surface area contributed by atoms with Gasteiger partial charge in [-0.3, -0.25) is 19.2 Å². The lowest BCUT2D eigenvalue weighted by Crippen LogP contribution is -2.18. The minimum Gasteiger partial charge on any atom is -0.455 e. The van der Waals surface area contributed by atoms with Crippen molar-refractivity contribution in [2.75, 3.05) is 23.7 Å². The van der Waals surface area contributed by atoms with Gasteiger partial charge in [0.25, 0.3) is 11.8 Å². The predicted molar refractivity (Wildman–Crippen MR) is 109 cm³/mol. The summed E-state index contributed by atoms with van der Waals surface area (Å²) in [6.07, 6.45) is 4.12. The summed E-state index contributed by atoms with van der Waals surface area (Å²) in [6.45, 7) is 2.86. The van der Waals surface area contributed by atoms with E-state index in [1.165, 1.54) is 12.8 Å². The van der Waals surface area contributed by atoms with Gasteiger partial charge in [0.1, 0.15) is 5.76 Å². The second-order valence-corrected chi connectivity index (χ2v) is 7.11. The third-order valence-electron chi connectivity index (χ3n) is 4.79. The zero-order chi connectivity index (χ0) is 20.2. The molecule has 0 spiro atoms. The molecule has 4 rings (SSSR count). The number of amides is 2. The Labute approximate surface area is 168 Å². The number of benzene rings is 1. The second-order valence-electron chi connectivity index (χ2n) is 7.11. The van der Waals surface area contributed by atoms with Gasteiger partial charge in [-0.25, -0.2) is 0 Å². The minimum atomic E-state index is -0.328. The van der Waals surface area contributed by atoms with Gasteiger partial charge in [0.2, 0.25) is 0 Å². The highest BCUT2D eigenvalue weighted by molar-refractivity contribution is 6.04.